The van der Waals surface area contributed by atoms with Crippen molar-refractivity contribution >= 4 is 0 Å². The number of hydrogen-bond acceptors (Lipinski definition) is 0. The van der Waals surface area contributed by atoms with E-state index in [1.54, 1.807) is 0 Å². The Labute approximate surface area is 97.2 Å². The molecule has 0 nitrogen and oxygen atoms in total. The molecule has 2 aromatic rings. The molecule has 0 saturated heterocycles. The quantitative estimate of drug-likeness (QED) is 0.457. The van der Waals surface area contributed by atoms with Gasteiger partial charge in [-0.3, -0.25) is 0 Å². The molecule has 0 unspecified atom stereocenters. The van der Waals surface area contributed by atoms with E-state index in [-0.39, 0.29) is 36.6 Å². The van der Waals surface area contributed by atoms with E-state index in [0.717, 1.165) is 0 Å². The molecule has 0 heterocycles. The zero-order chi connectivity index (χ0) is 7.07. The van der Waals surface area contributed by atoms with Gasteiger partial charge in [0, 0.05) is 0 Å². The third kappa shape index (κ3) is 11.4. The molecule has 0 aliphatic carbocycles. The summed E-state index contributed by atoms with van der Waals surface area (Å²) in [5, 5.41) is 0. The molecule has 0 aliphatic rings. The van der Waals surface area contributed by atoms with E-state index < -0.39 is 0 Å². The molecule has 0 amide bonds. The Balaban J connectivity index is -0.000000125. The summed E-state index contributed by atoms with van der Waals surface area (Å²) in [7, 11) is 0. The zero-order valence-corrected chi connectivity index (χ0v) is 9.84. The topological polar surface area (TPSA) is 0 Å². The first-order valence-electron chi connectivity index (χ1n) is 3.33. The maximum absolute atomic E-state index is 2.00. The van der Waals surface area contributed by atoms with Gasteiger partial charge >= 0.3 is 21.7 Å². The minimum atomic E-state index is 0. The normalized spacial score (nSPS) is 6.15. The molecule has 68 valence electrons. The molecule has 2 rings (SSSR count). The molecule has 0 radical (unpaired) electrons. The van der Waals surface area contributed by atoms with Gasteiger partial charge in [-0.25, -0.2) is 24.3 Å². The Hall–Kier alpha value is -0.586. The van der Waals surface area contributed by atoms with Crippen LogP contribution in [0.1, 0.15) is 0 Å². The molecular weight excluding hydrogens is 192 g/mol. The summed E-state index contributed by atoms with van der Waals surface area (Å²) in [5.74, 6) is 0. The minimum Gasteiger partial charge on any atom is -0.358 e. The molecule has 13 heavy (non-hydrogen) atoms. The summed E-state index contributed by atoms with van der Waals surface area (Å²) in [4.78, 5) is 0. The van der Waals surface area contributed by atoms with Gasteiger partial charge in [-0.2, -0.15) is 36.4 Å². The van der Waals surface area contributed by atoms with Crippen molar-refractivity contribution in [2.24, 2.45) is 0 Å². The van der Waals surface area contributed by atoms with Gasteiger partial charge in [0.05, 0.1) is 0 Å². The van der Waals surface area contributed by atoms with Crippen molar-refractivity contribution in [2.45, 2.75) is 0 Å². The van der Waals surface area contributed by atoms with Crippen molar-refractivity contribution in [3.05, 3.63) is 75.5 Å². The second-order valence-corrected chi connectivity index (χ2v) is 1.92. The molecule has 0 spiro atoms. The van der Waals surface area contributed by atoms with Crippen molar-refractivity contribution < 1.29 is 21.7 Å². The average Bonchev–Trinajstić information content (AvgIpc) is 2.67. The van der Waals surface area contributed by atoms with Crippen LogP contribution < -0.4 is 0 Å². The molecular formula is C12H16Ti. The predicted octanol–water partition coefficient (Wildman–Crippen LogP) is 3.71. The molecule has 0 saturated carbocycles. The number of hydrogen-bond donors (Lipinski definition) is 0. The van der Waals surface area contributed by atoms with Crippen LogP contribution in [0, 0.1) is 14.9 Å². The first kappa shape index (κ1) is 18.2. The van der Waals surface area contributed by atoms with E-state index in [9.17, 15) is 0 Å². The Bertz CT molecular complexity index is 144. The maximum atomic E-state index is 2.00. The van der Waals surface area contributed by atoms with E-state index in [1.165, 1.54) is 0 Å². The second kappa shape index (κ2) is 14.0. The molecule has 0 fully saturated rings. The Morgan fingerprint density at radius 3 is 0.846 bits per heavy atom. The van der Waals surface area contributed by atoms with Gasteiger partial charge in [-0.15, -0.1) is 0 Å². The molecule has 2 aromatic carbocycles. The van der Waals surface area contributed by atoms with Crippen molar-refractivity contribution in [3.8, 4) is 0 Å². The van der Waals surface area contributed by atoms with Crippen LogP contribution >= 0.6 is 0 Å². The van der Waals surface area contributed by atoms with Gasteiger partial charge in [0.25, 0.3) is 0 Å². The predicted molar refractivity (Wildman–Crippen MR) is 56.9 cm³/mol. The maximum Gasteiger partial charge on any atom is 4.00 e. The third-order valence-corrected chi connectivity index (χ3v) is 1.11. The van der Waals surface area contributed by atoms with E-state index in [1.807, 2.05) is 60.7 Å². The fourth-order valence-electron chi connectivity index (χ4n) is 0.642. The van der Waals surface area contributed by atoms with Crippen LogP contribution in [0.15, 0.2) is 60.7 Å². The minimum absolute atomic E-state index is 0. The molecule has 0 aliphatic heterocycles. The van der Waals surface area contributed by atoms with Crippen molar-refractivity contribution in [1.29, 1.82) is 0 Å². The van der Waals surface area contributed by atoms with Crippen molar-refractivity contribution in [2.75, 3.05) is 0 Å². The molecule has 0 N–H and O–H groups in total. The van der Waals surface area contributed by atoms with Crippen LogP contribution in [-0.2, 0) is 21.7 Å². The third-order valence-electron chi connectivity index (χ3n) is 1.11. The number of rotatable bonds is 0. The van der Waals surface area contributed by atoms with Gasteiger partial charge in [0.1, 0.15) is 0 Å². The largest absolute Gasteiger partial charge is 4.00 e. The summed E-state index contributed by atoms with van der Waals surface area (Å²) >= 11 is 0. The van der Waals surface area contributed by atoms with E-state index in [0.29, 0.717) is 0 Å². The van der Waals surface area contributed by atoms with Crippen LogP contribution in [0.5, 0.6) is 0 Å². The smallest absolute Gasteiger partial charge is 0.358 e. The van der Waals surface area contributed by atoms with Crippen LogP contribution in [0.4, 0.5) is 0 Å². The summed E-state index contributed by atoms with van der Waals surface area (Å²) in [5.41, 5.74) is 0. The average molecular weight is 208 g/mol. The van der Waals surface area contributed by atoms with Gasteiger partial charge < -0.3 is 14.9 Å². The first-order valence-corrected chi connectivity index (χ1v) is 3.33. The van der Waals surface area contributed by atoms with Gasteiger partial charge in [-0.1, -0.05) is 0 Å². The van der Waals surface area contributed by atoms with E-state index >= 15 is 0 Å². The molecule has 0 atom stereocenters. The fourth-order valence-corrected chi connectivity index (χ4v) is 0.642. The van der Waals surface area contributed by atoms with Crippen molar-refractivity contribution in [3.63, 3.8) is 0 Å². The van der Waals surface area contributed by atoms with E-state index in [2.05, 4.69) is 0 Å². The molecule has 1 heteroatoms. The summed E-state index contributed by atoms with van der Waals surface area (Å²) in [6.45, 7) is 0. The van der Waals surface area contributed by atoms with Gasteiger partial charge in [-0.05, 0) is 0 Å². The molecule has 0 bridgehead atoms. The Kier molecular flexibility index (Phi) is 19.6. The standard InChI is InChI=1S/2C5H5.2CH3.Ti/c2*1-2-4-5-3-1;;;/h2*1-5H;2*1H3;/q4*-1;+4. The Morgan fingerprint density at radius 1 is 0.538 bits per heavy atom. The summed E-state index contributed by atoms with van der Waals surface area (Å²) < 4.78 is 0. The van der Waals surface area contributed by atoms with Crippen molar-refractivity contribution in [1.82, 2.24) is 0 Å². The van der Waals surface area contributed by atoms with E-state index in [4.69, 9.17) is 0 Å². The zero-order valence-electron chi connectivity index (χ0n) is 8.27. The first-order chi connectivity index (χ1) is 5.00. The van der Waals surface area contributed by atoms with Crippen LogP contribution in [0.2, 0.25) is 0 Å². The van der Waals surface area contributed by atoms with Gasteiger partial charge in [0.15, 0.2) is 0 Å². The fraction of sp³-hybridized carbons (Fsp3) is 0. The molecule has 0 aromatic heterocycles. The Morgan fingerprint density at radius 2 is 0.769 bits per heavy atom. The monoisotopic (exact) mass is 208 g/mol. The SMILES string of the molecule is [CH3-].[CH3-].[Ti+4].c1cc[cH-]c1.c1cc[cH-]c1. The van der Waals surface area contributed by atoms with Crippen LogP contribution in [-0.4, -0.2) is 0 Å². The summed E-state index contributed by atoms with van der Waals surface area (Å²) in [6.07, 6.45) is 0. The second-order valence-electron chi connectivity index (χ2n) is 1.92. The van der Waals surface area contributed by atoms with Crippen LogP contribution in [0.25, 0.3) is 0 Å². The van der Waals surface area contributed by atoms with Gasteiger partial charge in [0.2, 0.25) is 0 Å². The van der Waals surface area contributed by atoms with Crippen LogP contribution in [0.3, 0.4) is 0 Å². The summed E-state index contributed by atoms with van der Waals surface area (Å²) in [6, 6.07) is 20.0.